The molecule has 1 aliphatic heterocycles. The van der Waals surface area contributed by atoms with E-state index in [1.807, 2.05) is 35.2 Å². The van der Waals surface area contributed by atoms with Crippen molar-refractivity contribution in [1.29, 1.82) is 0 Å². The van der Waals surface area contributed by atoms with Gasteiger partial charge in [0.05, 0.1) is 5.56 Å². The van der Waals surface area contributed by atoms with Crippen molar-refractivity contribution in [3.05, 3.63) is 65.7 Å². The quantitative estimate of drug-likeness (QED) is 0.571. The van der Waals surface area contributed by atoms with Crippen LogP contribution in [0.5, 0.6) is 5.75 Å². The van der Waals surface area contributed by atoms with Gasteiger partial charge in [-0.2, -0.15) is 0 Å². The molecule has 1 saturated heterocycles. The Morgan fingerprint density at radius 3 is 2.21 bits per heavy atom. The van der Waals surface area contributed by atoms with Crippen LogP contribution in [0.2, 0.25) is 0 Å². The van der Waals surface area contributed by atoms with Crippen molar-refractivity contribution in [1.82, 2.24) is 9.80 Å². The molecule has 1 fully saturated rings. The van der Waals surface area contributed by atoms with E-state index >= 15 is 0 Å². The van der Waals surface area contributed by atoms with Crippen LogP contribution in [0.15, 0.2) is 54.6 Å². The Morgan fingerprint density at radius 2 is 1.58 bits per heavy atom. The summed E-state index contributed by atoms with van der Waals surface area (Å²) >= 11 is 0. The van der Waals surface area contributed by atoms with E-state index in [4.69, 9.17) is 9.47 Å². The molecule has 2 aromatic rings. The van der Waals surface area contributed by atoms with Crippen molar-refractivity contribution in [3.8, 4) is 5.75 Å². The maximum Gasteiger partial charge on any atom is 0.338 e. The van der Waals surface area contributed by atoms with E-state index in [1.54, 1.807) is 31.3 Å². The Labute approximate surface area is 195 Å². The highest BCUT2D eigenvalue weighted by molar-refractivity contribution is 5.91. The lowest BCUT2D eigenvalue weighted by Crippen LogP contribution is -2.49. The molecule has 0 saturated carbocycles. The smallest absolute Gasteiger partial charge is 0.338 e. The molecule has 0 bridgehead atoms. The van der Waals surface area contributed by atoms with Crippen molar-refractivity contribution in [2.24, 2.45) is 0 Å². The molecule has 2 unspecified atom stereocenters. The molecule has 2 atom stereocenters. The zero-order valence-electron chi connectivity index (χ0n) is 19.5. The first-order chi connectivity index (χ1) is 15.8. The molecule has 0 aromatic heterocycles. The number of nitrogens with zero attached hydrogens (tertiary/aromatic N) is 2. The highest BCUT2D eigenvalue weighted by Gasteiger charge is 2.29. The van der Waals surface area contributed by atoms with Gasteiger partial charge in [-0.15, -0.1) is 0 Å². The Balaban J connectivity index is 1.44. The molecule has 0 radical (unpaired) electrons. The average molecular weight is 453 g/mol. The SMILES string of the molecule is CC1CCCC(C)N1C(=O)COc1ccc(C(=O)OCC(=O)N(C)Cc2ccccc2)cc1. The molecule has 1 heterocycles. The normalized spacial score (nSPS) is 17.8. The molecule has 0 aliphatic carbocycles. The first-order valence-corrected chi connectivity index (χ1v) is 11.3. The monoisotopic (exact) mass is 452 g/mol. The number of likely N-dealkylation sites (N-methyl/N-ethyl adjacent to an activating group) is 1. The summed E-state index contributed by atoms with van der Waals surface area (Å²) in [5, 5.41) is 0. The predicted octanol–water partition coefficient (Wildman–Crippen LogP) is 3.67. The van der Waals surface area contributed by atoms with Gasteiger partial charge in [-0.05, 0) is 62.9 Å². The van der Waals surface area contributed by atoms with Gasteiger partial charge < -0.3 is 19.3 Å². The highest BCUT2D eigenvalue weighted by atomic mass is 16.5. The third kappa shape index (κ3) is 6.81. The second kappa shape index (κ2) is 11.5. The number of esters is 1. The summed E-state index contributed by atoms with van der Waals surface area (Å²) in [5.74, 6) is -0.408. The lowest BCUT2D eigenvalue weighted by molar-refractivity contribution is -0.139. The highest BCUT2D eigenvalue weighted by Crippen LogP contribution is 2.23. The van der Waals surface area contributed by atoms with Gasteiger partial charge in [0.15, 0.2) is 13.2 Å². The van der Waals surface area contributed by atoms with E-state index in [9.17, 15) is 14.4 Å². The summed E-state index contributed by atoms with van der Waals surface area (Å²) in [4.78, 5) is 40.5. The van der Waals surface area contributed by atoms with Gasteiger partial charge in [-0.25, -0.2) is 4.79 Å². The van der Waals surface area contributed by atoms with Gasteiger partial charge in [0.25, 0.3) is 11.8 Å². The van der Waals surface area contributed by atoms with Crippen LogP contribution < -0.4 is 4.74 Å². The summed E-state index contributed by atoms with van der Waals surface area (Å²) < 4.78 is 10.8. The predicted molar refractivity (Wildman–Crippen MR) is 125 cm³/mol. The molecular weight excluding hydrogens is 420 g/mol. The molecule has 1 aliphatic rings. The van der Waals surface area contributed by atoms with E-state index in [0.29, 0.717) is 17.9 Å². The lowest BCUT2D eigenvalue weighted by Gasteiger charge is -2.38. The first-order valence-electron chi connectivity index (χ1n) is 11.3. The summed E-state index contributed by atoms with van der Waals surface area (Å²) in [5.41, 5.74) is 1.31. The zero-order valence-corrected chi connectivity index (χ0v) is 19.5. The third-order valence-electron chi connectivity index (χ3n) is 5.95. The van der Waals surface area contributed by atoms with Crippen LogP contribution in [0.25, 0.3) is 0 Å². The van der Waals surface area contributed by atoms with E-state index in [-0.39, 0.29) is 37.1 Å². The maximum atomic E-state index is 12.6. The van der Waals surface area contributed by atoms with Gasteiger partial charge in [0.2, 0.25) is 0 Å². The minimum absolute atomic E-state index is 0.0312. The summed E-state index contributed by atoms with van der Waals surface area (Å²) in [6, 6.07) is 16.4. The van der Waals surface area contributed by atoms with Crippen molar-refractivity contribution < 1.29 is 23.9 Å². The molecule has 3 rings (SSSR count). The van der Waals surface area contributed by atoms with E-state index in [2.05, 4.69) is 13.8 Å². The maximum absolute atomic E-state index is 12.6. The number of carbonyl (C=O) groups is 3. The second-order valence-corrected chi connectivity index (χ2v) is 8.55. The number of ether oxygens (including phenoxy) is 2. The van der Waals surface area contributed by atoms with Gasteiger partial charge >= 0.3 is 5.97 Å². The minimum atomic E-state index is -0.588. The largest absolute Gasteiger partial charge is 0.484 e. The van der Waals surface area contributed by atoms with Crippen LogP contribution in [0, 0.1) is 0 Å². The van der Waals surface area contributed by atoms with Gasteiger partial charge in [0, 0.05) is 25.7 Å². The van der Waals surface area contributed by atoms with Gasteiger partial charge in [-0.1, -0.05) is 30.3 Å². The van der Waals surface area contributed by atoms with Crippen molar-refractivity contribution in [3.63, 3.8) is 0 Å². The third-order valence-corrected chi connectivity index (χ3v) is 5.95. The number of hydrogen-bond acceptors (Lipinski definition) is 5. The molecule has 0 spiro atoms. The molecular formula is C26H32N2O5. The Bertz CT molecular complexity index is 935. The van der Waals surface area contributed by atoms with Crippen LogP contribution in [0.4, 0.5) is 0 Å². The molecule has 7 nitrogen and oxygen atoms in total. The lowest BCUT2D eigenvalue weighted by atomic mass is 9.97. The number of hydrogen-bond donors (Lipinski definition) is 0. The molecule has 176 valence electrons. The van der Waals surface area contributed by atoms with Crippen molar-refractivity contribution in [2.45, 2.75) is 51.7 Å². The fourth-order valence-corrected chi connectivity index (χ4v) is 4.09. The number of amides is 2. The van der Waals surface area contributed by atoms with Crippen molar-refractivity contribution in [2.75, 3.05) is 20.3 Å². The summed E-state index contributed by atoms with van der Waals surface area (Å²) in [7, 11) is 1.67. The summed E-state index contributed by atoms with van der Waals surface area (Å²) in [6.07, 6.45) is 3.16. The van der Waals surface area contributed by atoms with Crippen LogP contribution in [0.3, 0.4) is 0 Å². The number of piperidine rings is 1. The van der Waals surface area contributed by atoms with E-state index < -0.39 is 5.97 Å². The topological polar surface area (TPSA) is 76.1 Å². The fraction of sp³-hybridized carbons (Fsp3) is 0.423. The molecule has 7 heteroatoms. The zero-order chi connectivity index (χ0) is 23.8. The first kappa shape index (κ1) is 24.3. The molecule has 2 aromatic carbocycles. The van der Waals surface area contributed by atoms with Crippen LogP contribution in [-0.4, -0.2) is 59.9 Å². The van der Waals surface area contributed by atoms with Gasteiger partial charge in [-0.3, -0.25) is 9.59 Å². The number of likely N-dealkylation sites (tertiary alicyclic amines) is 1. The number of benzene rings is 2. The van der Waals surface area contributed by atoms with Crippen LogP contribution in [-0.2, 0) is 20.9 Å². The molecule has 33 heavy (non-hydrogen) atoms. The van der Waals surface area contributed by atoms with E-state index in [1.165, 1.54) is 4.90 Å². The Morgan fingerprint density at radius 1 is 0.939 bits per heavy atom. The number of rotatable bonds is 8. The van der Waals surface area contributed by atoms with Crippen LogP contribution >= 0.6 is 0 Å². The fourth-order valence-electron chi connectivity index (χ4n) is 4.09. The van der Waals surface area contributed by atoms with Crippen molar-refractivity contribution >= 4 is 17.8 Å². The minimum Gasteiger partial charge on any atom is -0.484 e. The molecule has 2 amide bonds. The molecule has 0 N–H and O–H groups in total. The Hall–Kier alpha value is -3.35. The Kier molecular flexibility index (Phi) is 8.46. The average Bonchev–Trinajstić information content (AvgIpc) is 2.81. The second-order valence-electron chi connectivity index (χ2n) is 8.55. The summed E-state index contributed by atoms with van der Waals surface area (Å²) in [6.45, 7) is 4.20. The standard InChI is InChI=1S/C26H32N2O5/c1-19-8-7-9-20(2)28(19)25(30)18-32-23-14-12-22(13-15-23)26(31)33-17-24(29)27(3)16-21-10-5-4-6-11-21/h4-6,10-15,19-20H,7-9,16-18H2,1-3H3. The van der Waals surface area contributed by atoms with E-state index in [0.717, 1.165) is 24.8 Å². The number of carbonyl (C=O) groups excluding carboxylic acids is 3. The van der Waals surface area contributed by atoms with Gasteiger partial charge in [0.1, 0.15) is 5.75 Å². The van der Waals surface area contributed by atoms with Crippen LogP contribution in [0.1, 0.15) is 49.0 Å².